The van der Waals surface area contributed by atoms with Crippen LogP contribution in [0, 0.1) is 0 Å². The second-order valence-corrected chi connectivity index (χ2v) is 21.2. The van der Waals surface area contributed by atoms with Gasteiger partial charge in [-0.05, 0) is 44.0 Å². The third-order valence-electron chi connectivity index (χ3n) is 7.09. The Hall–Kier alpha value is -3.26. The molecule has 0 saturated heterocycles. The molecular formula is C31H39BrN4O6SSi. The lowest BCUT2D eigenvalue weighted by atomic mass is 10.0. The number of nitrogens with zero attached hydrogens (tertiary/aromatic N) is 2. The van der Waals surface area contributed by atoms with Crippen molar-refractivity contribution in [2.24, 2.45) is 0 Å². The molecule has 10 nitrogen and oxygen atoms in total. The number of halogens is 1. The van der Waals surface area contributed by atoms with Crippen LogP contribution in [0.1, 0.15) is 61.1 Å². The molecule has 0 fully saturated rings. The van der Waals surface area contributed by atoms with E-state index >= 15 is 0 Å². The predicted octanol–water partition coefficient (Wildman–Crippen LogP) is 6.48. The summed E-state index contributed by atoms with van der Waals surface area (Å²) < 4.78 is 34.2. The van der Waals surface area contributed by atoms with Crippen LogP contribution in [0.3, 0.4) is 0 Å². The molecule has 3 N–H and O–H groups in total. The van der Waals surface area contributed by atoms with E-state index in [4.69, 9.17) is 4.74 Å². The molecule has 2 aromatic carbocycles. The number of benzene rings is 2. The van der Waals surface area contributed by atoms with Gasteiger partial charge in [0.2, 0.25) is 0 Å². The third-order valence-corrected chi connectivity index (χ3v) is 11.5. The molecule has 0 bridgehead atoms. The number of imidazole rings is 1. The summed E-state index contributed by atoms with van der Waals surface area (Å²) in [7, 11) is -5.38. The third kappa shape index (κ3) is 7.87. The number of H-pyrrole nitrogens is 1. The van der Waals surface area contributed by atoms with Gasteiger partial charge in [-0.2, -0.15) is 0 Å². The second kappa shape index (κ2) is 13.0. The Balaban J connectivity index is 1.60. The van der Waals surface area contributed by atoms with Crippen molar-refractivity contribution < 1.29 is 27.9 Å². The molecule has 1 aliphatic heterocycles. The van der Waals surface area contributed by atoms with Crippen LogP contribution in [0.4, 0.5) is 4.79 Å². The molecule has 0 aliphatic carbocycles. The number of aromatic nitrogens is 2. The number of sulfonamides is 1. The van der Waals surface area contributed by atoms with Gasteiger partial charge in [0.1, 0.15) is 16.8 Å². The average Bonchev–Trinajstić information content (AvgIpc) is 3.47. The highest BCUT2D eigenvalue weighted by Gasteiger charge is 2.44. The molecule has 4 rings (SSSR count). The van der Waals surface area contributed by atoms with Crippen LogP contribution in [0.25, 0.3) is 4.91 Å². The first-order valence-corrected chi connectivity index (χ1v) is 20.2. The predicted molar refractivity (Wildman–Crippen MR) is 176 cm³/mol. The summed E-state index contributed by atoms with van der Waals surface area (Å²) in [6.07, 6.45) is 1.42. The maximum atomic E-state index is 13.3. The van der Waals surface area contributed by atoms with Crippen molar-refractivity contribution in [2.45, 2.75) is 70.6 Å². The fourth-order valence-electron chi connectivity index (χ4n) is 4.99. The van der Waals surface area contributed by atoms with E-state index in [0.717, 1.165) is 27.6 Å². The van der Waals surface area contributed by atoms with Crippen molar-refractivity contribution >= 4 is 50.9 Å². The largest absolute Gasteiger partial charge is 0.465 e. The summed E-state index contributed by atoms with van der Waals surface area (Å²) >= 11 is 3.47. The van der Waals surface area contributed by atoms with Gasteiger partial charge in [0.15, 0.2) is 0 Å². The summed E-state index contributed by atoms with van der Waals surface area (Å²) in [4.78, 5) is 32.1. The zero-order valence-electron chi connectivity index (χ0n) is 25.7. The molecule has 44 heavy (non-hydrogen) atoms. The molecule has 2 amide bonds. The summed E-state index contributed by atoms with van der Waals surface area (Å²) in [6, 6.07) is 15.1. The number of carbonyl (C=O) groups is 2. The van der Waals surface area contributed by atoms with Gasteiger partial charge in [0, 0.05) is 37.2 Å². The van der Waals surface area contributed by atoms with E-state index < -0.39 is 47.8 Å². The van der Waals surface area contributed by atoms with Crippen molar-refractivity contribution in [1.29, 1.82) is 0 Å². The van der Waals surface area contributed by atoms with E-state index in [1.54, 1.807) is 45.2 Å². The summed E-state index contributed by atoms with van der Waals surface area (Å²) in [5, 5.41) is 12.2. The van der Waals surface area contributed by atoms with Crippen LogP contribution in [0.2, 0.25) is 25.7 Å². The summed E-state index contributed by atoms with van der Waals surface area (Å²) in [5.41, 5.74) is 1.82. The molecule has 2 heterocycles. The number of carbonyl (C=O) groups excluding carboxylic acids is 1. The number of carboxylic acid groups (broad SMARTS) is 1. The maximum absolute atomic E-state index is 13.3. The number of ether oxygens (including phenoxy) is 1. The SMILES string of the molecule is CC(C)(C)N1C(=O)C=C(c2ccc(C[C@H](NC(=O)O)c3ncc(C(OCC[Si](C)(C)C)c4ccccc4)[nH]3)cc2Br)S1(=O)=O. The van der Waals surface area contributed by atoms with Crippen molar-refractivity contribution in [1.82, 2.24) is 19.6 Å². The molecule has 0 spiro atoms. The van der Waals surface area contributed by atoms with Crippen LogP contribution in [0.15, 0.2) is 65.3 Å². The van der Waals surface area contributed by atoms with E-state index in [2.05, 4.69) is 50.9 Å². The fraction of sp³-hybridized carbons (Fsp3) is 0.387. The molecule has 1 aromatic heterocycles. The molecule has 1 unspecified atom stereocenters. The Morgan fingerprint density at radius 3 is 2.41 bits per heavy atom. The lowest BCUT2D eigenvalue weighted by Gasteiger charge is -2.30. The molecule has 236 valence electrons. The number of hydrogen-bond donors (Lipinski definition) is 3. The van der Waals surface area contributed by atoms with Crippen LogP contribution < -0.4 is 5.32 Å². The van der Waals surface area contributed by atoms with Crippen LogP contribution in [-0.4, -0.2) is 60.0 Å². The zero-order chi connectivity index (χ0) is 32.4. The van der Waals surface area contributed by atoms with Crippen molar-refractivity contribution in [3.05, 3.63) is 93.5 Å². The standard InChI is InChI=1S/C31H39BrN4O6SSi/c1-31(2,3)36-27(37)18-26(43(36,40)41)22-13-12-20(16-23(22)32)17-24(35-30(38)39)29-33-19-25(34-29)28(21-10-8-7-9-11-21)42-14-15-44(4,5)6/h7-13,16,18-19,24,28,35H,14-15,17H2,1-6H3,(H,33,34)(H,38,39)/t24-,28?/m0/s1. The minimum absolute atomic E-state index is 0.0900. The van der Waals surface area contributed by atoms with Gasteiger partial charge in [0.25, 0.3) is 15.9 Å². The van der Waals surface area contributed by atoms with E-state index in [1.165, 1.54) is 0 Å². The van der Waals surface area contributed by atoms with Crippen molar-refractivity contribution in [2.75, 3.05) is 6.61 Å². The van der Waals surface area contributed by atoms with Crippen molar-refractivity contribution in [3.8, 4) is 0 Å². The van der Waals surface area contributed by atoms with Crippen LogP contribution >= 0.6 is 15.9 Å². The van der Waals surface area contributed by atoms with Gasteiger partial charge in [-0.3, -0.25) is 4.79 Å². The van der Waals surface area contributed by atoms with Gasteiger partial charge in [0.05, 0.1) is 23.5 Å². The van der Waals surface area contributed by atoms with E-state index in [0.29, 0.717) is 28.2 Å². The lowest BCUT2D eigenvalue weighted by molar-refractivity contribution is -0.123. The zero-order valence-corrected chi connectivity index (χ0v) is 29.1. The monoisotopic (exact) mass is 702 g/mol. The molecule has 0 saturated carbocycles. The van der Waals surface area contributed by atoms with Gasteiger partial charge in [-0.1, -0.05) is 78.0 Å². The van der Waals surface area contributed by atoms with Crippen LogP contribution in [-0.2, 0) is 26.0 Å². The quantitative estimate of drug-likeness (QED) is 0.194. The van der Waals surface area contributed by atoms with E-state index in [9.17, 15) is 23.1 Å². The Bertz CT molecular complexity index is 1660. The highest BCUT2D eigenvalue weighted by molar-refractivity contribution is 9.10. The summed E-state index contributed by atoms with van der Waals surface area (Å²) in [6.45, 7) is 12.4. The second-order valence-electron chi connectivity index (χ2n) is 13.0. The first kappa shape index (κ1) is 33.6. The highest BCUT2D eigenvalue weighted by Crippen LogP contribution is 2.39. The Morgan fingerprint density at radius 1 is 1.16 bits per heavy atom. The highest BCUT2D eigenvalue weighted by atomic mass is 79.9. The Kier molecular flexibility index (Phi) is 9.93. The first-order chi connectivity index (χ1) is 20.5. The smallest absolute Gasteiger partial charge is 0.405 e. The Labute approximate surface area is 268 Å². The number of amides is 2. The molecule has 2 atom stereocenters. The average molecular weight is 704 g/mol. The number of nitrogens with one attached hydrogen (secondary N) is 2. The topological polar surface area (TPSA) is 142 Å². The van der Waals surface area contributed by atoms with E-state index in [1.807, 2.05) is 30.3 Å². The molecule has 0 radical (unpaired) electrons. The van der Waals surface area contributed by atoms with Gasteiger partial charge >= 0.3 is 6.09 Å². The van der Waals surface area contributed by atoms with Crippen molar-refractivity contribution in [3.63, 3.8) is 0 Å². The molecule has 13 heteroatoms. The normalized spacial score (nSPS) is 16.5. The minimum atomic E-state index is -4.05. The van der Waals surface area contributed by atoms with Crippen LogP contribution in [0.5, 0.6) is 0 Å². The van der Waals surface area contributed by atoms with Gasteiger partial charge < -0.3 is 20.1 Å². The summed E-state index contributed by atoms with van der Waals surface area (Å²) in [5.74, 6) is -0.175. The van der Waals surface area contributed by atoms with Gasteiger partial charge in [-0.25, -0.2) is 22.5 Å². The maximum Gasteiger partial charge on any atom is 0.405 e. The minimum Gasteiger partial charge on any atom is -0.465 e. The lowest BCUT2D eigenvalue weighted by Crippen LogP contribution is -2.45. The fourth-order valence-corrected chi connectivity index (χ4v) is 8.41. The molecule has 1 aliphatic rings. The number of hydrogen-bond acceptors (Lipinski definition) is 6. The van der Waals surface area contributed by atoms with Gasteiger partial charge in [-0.15, -0.1) is 0 Å². The Morgan fingerprint density at radius 2 is 1.84 bits per heavy atom. The van der Waals surface area contributed by atoms with E-state index in [-0.39, 0.29) is 11.3 Å². The number of rotatable bonds is 11. The number of aromatic amines is 1. The molecule has 3 aromatic rings. The first-order valence-electron chi connectivity index (χ1n) is 14.3. The molecular weight excluding hydrogens is 664 g/mol.